The summed E-state index contributed by atoms with van der Waals surface area (Å²) < 4.78 is 12.5. The third-order valence-corrected chi connectivity index (χ3v) is 1.83. The Labute approximate surface area is 70.8 Å². The summed E-state index contributed by atoms with van der Waals surface area (Å²) in [5, 5.41) is 8.90. The van der Waals surface area contributed by atoms with E-state index in [1.54, 1.807) is 19.1 Å². The fourth-order valence-electron chi connectivity index (χ4n) is 0.922. The van der Waals surface area contributed by atoms with Crippen LogP contribution in [0.1, 0.15) is 12.5 Å². The molecule has 1 aromatic rings. The molecule has 0 unspecified atom stereocenters. The second kappa shape index (κ2) is 3.21. The Hall–Kier alpha value is -0.930. The van der Waals surface area contributed by atoms with Crippen molar-refractivity contribution in [2.24, 2.45) is 5.73 Å². The van der Waals surface area contributed by atoms with Gasteiger partial charge in [0.25, 0.3) is 0 Å². The van der Waals surface area contributed by atoms with Gasteiger partial charge < -0.3 is 10.8 Å². The number of nitrogens with two attached hydrogens (primary N) is 1. The van der Waals surface area contributed by atoms with E-state index in [2.05, 4.69) is 0 Å². The third kappa shape index (κ3) is 1.81. The Morgan fingerprint density at radius 3 is 2.33 bits per heavy atom. The molecule has 0 aliphatic carbocycles. The summed E-state index contributed by atoms with van der Waals surface area (Å²) in [7, 11) is 0. The lowest BCUT2D eigenvalue weighted by Gasteiger charge is -2.21. The minimum absolute atomic E-state index is 0.154. The van der Waals surface area contributed by atoms with Gasteiger partial charge in [0.05, 0.1) is 12.1 Å². The van der Waals surface area contributed by atoms with E-state index in [1.807, 2.05) is 0 Å². The molecular formula is C9H12FNO. The Kier molecular flexibility index (Phi) is 2.45. The molecule has 3 N–H and O–H groups in total. The van der Waals surface area contributed by atoms with Crippen molar-refractivity contribution in [3.05, 3.63) is 35.6 Å². The van der Waals surface area contributed by atoms with E-state index in [9.17, 15) is 4.39 Å². The largest absolute Gasteiger partial charge is 0.394 e. The highest BCUT2D eigenvalue weighted by Crippen LogP contribution is 2.16. The molecule has 0 fully saturated rings. The zero-order valence-corrected chi connectivity index (χ0v) is 6.92. The molecule has 12 heavy (non-hydrogen) atoms. The molecule has 1 rings (SSSR count). The van der Waals surface area contributed by atoms with Crippen molar-refractivity contribution in [3.63, 3.8) is 0 Å². The normalized spacial score (nSPS) is 15.7. The molecule has 1 aromatic carbocycles. The van der Waals surface area contributed by atoms with Crippen LogP contribution < -0.4 is 5.73 Å². The average molecular weight is 169 g/mol. The monoisotopic (exact) mass is 169 g/mol. The Morgan fingerprint density at radius 1 is 1.42 bits per heavy atom. The van der Waals surface area contributed by atoms with Gasteiger partial charge in [-0.3, -0.25) is 0 Å². The molecule has 0 aliphatic rings. The van der Waals surface area contributed by atoms with Crippen LogP contribution >= 0.6 is 0 Å². The van der Waals surface area contributed by atoms with Crippen LogP contribution in [0.4, 0.5) is 4.39 Å². The number of aliphatic hydroxyl groups excluding tert-OH is 1. The van der Waals surface area contributed by atoms with Gasteiger partial charge in [-0.25, -0.2) is 4.39 Å². The highest BCUT2D eigenvalue weighted by atomic mass is 19.1. The van der Waals surface area contributed by atoms with E-state index in [1.165, 1.54) is 12.1 Å². The van der Waals surface area contributed by atoms with Gasteiger partial charge in [-0.15, -0.1) is 0 Å². The van der Waals surface area contributed by atoms with E-state index < -0.39 is 5.54 Å². The average Bonchev–Trinajstić information content (AvgIpc) is 2.05. The van der Waals surface area contributed by atoms with Crippen LogP contribution in [-0.2, 0) is 5.54 Å². The zero-order chi connectivity index (χ0) is 9.19. The highest BCUT2D eigenvalue weighted by Gasteiger charge is 2.19. The Bertz CT molecular complexity index is 256. The minimum atomic E-state index is -0.784. The lowest BCUT2D eigenvalue weighted by Crippen LogP contribution is -2.36. The molecule has 2 nitrogen and oxygen atoms in total. The Morgan fingerprint density at radius 2 is 1.92 bits per heavy atom. The molecule has 0 aliphatic heterocycles. The summed E-state index contributed by atoms with van der Waals surface area (Å²) >= 11 is 0. The quantitative estimate of drug-likeness (QED) is 0.693. The molecule has 66 valence electrons. The van der Waals surface area contributed by atoms with Crippen molar-refractivity contribution >= 4 is 0 Å². The first-order valence-corrected chi connectivity index (χ1v) is 3.72. The van der Waals surface area contributed by atoms with Crippen molar-refractivity contribution in [3.8, 4) is 0 Å². The van der Waals surface area contributed by atoms with Gasteiger partial charge in [0.2, 0.25) is 0 Å². The van der Waals surface area contributed by atoms with Crippen molar-refractivity contribution in [2.45, 2.75) is 12.5 Å². The first kappa shape index (κ1) is 9.16. The number of rotatable bonds is 2. The maximum absolute atomic E-state index is 12.5. The molecular weight excluding hydrogens is 157 g/mol. The molecule has 3 heteroatoms. The zero-order valence-electron chi connectivity index (χ0n) is 6.92. The smallest absolute Gasteiger partial charge is 0.123 e. The standard InChI is InChI=1S/C9H12FNO/c1-9(11,6-12)7-2-4-8(10)5-3-7/h2-5,12H,6,11H2,1H3/t9-/m0/s1. The molecule has 0 saturated carbocycles. The van der Waals surface area contributed by atoms with Crippen LogP contribution in [0, 0.1) is 5.82 Å². The number of hydrogen-bond donors (Lipinski definition) is 2. The first-order valence-electron chi connectivity index (χ1n) is 3.72. The maximum atomic E-state index is 12.5. The van der Waals surface area contributed by atoms with Gasteiger partial charge in [-0.05, 0) is 24.6 Å². The van der Waals surface area contributed by atoms with Crippen LogP contribution in [0.5, 0.6) is 0 Å². The molecule has 0 spiro atoms. The van der Waals surface area contributed by atoms with Crippen LogP contribution in [-0.4, -0.2) is 11.7 Å². The molecule has 0 bridgehead atoms. The summed E-state index contributed by atoms with van der Waals surface area (Å²) in [6.45, 7) is 1.54. The fraction of sp³-hybridized carbons (Fsp3) is 0.333. The van der Waals surface area contributed by atoms with Crippen LogP contribution in [0.25, 0.3) is 0 Å². The minimum Gasteiger partial charge on any atom is -0.394 e. The van der Waals surface area contributed by atoms with Crippen LogP contribution in [0.2, 0.25) is 0 Å². The second-order valence-corrected chi connectivity index (χ2v) is 3.08. The summed E-state index contributed by atoms with van der Waals surface area (Å²) in [6, 6.07) is 5.81. The van der Waals surface area contributed by atoms with Gasteiger partial charge >= 0.3 is 0 Å². The van der Waals surface area contributed by atoms with Gasteiger partial charge in [-0.1, -0.05) is 12.1 Å². The van der Waals surface area contributed by atoms with E-state index in [-0.39, 0.29) is 12.4 Å². The first-order chi connectivity index (χ1) is 5.56. The summed E-state index contributed by atoms with van der Waals surface area (Å²) in [5.41, 5.74) is 5.66. The molecule has 0 radical (unpaired) electrons. The Balaban J connectivity index is 2.96. The number of aliphatic hydroxyl groups is 1. The van der Waals surface area contributed by atoms with Gasteiger partial charge in [-0.2, -0.15) is 0 Å². The SMILES string of the molecule is C[C@](N)(CO)c1ccc(F)cc1. The summed E-state index contributed by atoms with van der Waals surface area (Å²) in [6.07, 6.45) is 0. The van der Waals surface area contributed by atoms with Gasteiger partial charge in [0.1, 0.15) is 5.82 Å². The summed E-state index contributed by atoms with van der Waals surface area (Å²) in [5.74, 6) is -0.299. The predicted molar refractivity (Wildman–Crippen MR) is 45.0 cm³/mol. The lowest BCUT2D eigenvalue weighted by atomic mass is 9.94. The number of benzene rings is 1. The molecule has 0 amide bonds. The van der Waals surface area contributed by atoms with Gasteiger partial charge in [0, 0.05) is 0 Å². The van der Waals surface area contributed by atoms with Crippen LogP contribution in [0.3, 0.4) is 0 Å². The topological polar surface area (TPSA) is 46.2 Å². The number of hydrogen-bond acceptors (Lipinski definition) is 2. The molecule has 0 heterocycles. The van der Waals surface area contributed by atoms with Crippen molar-refractivity contribution in [2.75, 3.05) is 6.61 Å². The summed E-state index contributed by atoms with van der Waals surface area (Å²) in [4.78, 5) is 0. The fourth-order valence-corrected chi connectivity index (χ4v) is 0.922. The highest BCUT2D eigenvalue weighted by molar-refractivity contribution is 5.23. The third-order valence-electron chi connectivity index (χ3n) is 1.83. The van der Waals surface area contributed by atoms with Gasteiger partial charge in [0.15, 0.2) is 0 Å². The maximum Gasteiger partial charge on any atom is 0.123 e. The lowest BCUT2D eigenvalue weighted by molar-refractivity contribution is 0.210. The van der Waals surface area contributed by atoms with Crippen molar-refractivity contribution in [1.82, 2.24) is 0 Å². The van der Waals surface area contributed by atoms with Crippen molar-refractivity contribution < 1.29 is 9.50 Å². The second-order valence-electron chi connectivity index (χ2n) is 3.08. The number of halogens is 1. The van der Waals surface area contributed by atoms with E-state index in [4.69, 9.17) is 10.8 Å². The van der Waals surface area contributed by atoms with Crippen molar-refractivity contribution in [1.29, 1.82) is 0 Å². The molecule has 0 aromatic heterocycles. The van der Waals surface area contributed by atoms with E-state index >= 15 is 0 Å². The van der Waals surface area contributed by atoms with Crippen LogP contribution in [0.15, 0.2) is 24.3 Å². The van der Waals surface area contributed by atoms with E-state index in [0.717, 1.165) is 5.56 Å². The predicted octanol–water partition coefficient (Wildman–Crippen LogP) is 0.992. The molecule has 1 atom stereocenters. The van der Waals surface area contributed by atoms with E-state index in [0.29, 0.717) is 0 Å². The molecule has 0 saturated heterocycles.